The highest BCUT2D eigenvalue weighted by Crippen LogP contribution is 2.17. The number of fused-ring (bicyclic) bond motifs is 1. The number of rotatable bonds is 2. The van der Waals surface area contributed by atoms with Crippen LogP contribution in [-0.2, 0) is 0 Å². The minimum absolute atomic E-state index is 0.00123. The molecule has 0 atom stereocenters. The van der Waals surface area contributed by atoms with Gasteiger partial charge in [-0.2, -0.15) is 0 Å². The second kappa shape index (κ2) is 5.72. The van der Waals surface area contributed by atoms with Gasteiger partial charge in [-0.15, -0.1) is 0 Å². The van der Waals surface area contributed by atoms with E-state index in [1.165, 1.54) is 0 Å². The molecule has 0 aliphatic rings. The first-order valence-corrected chi connectivity index (χ1v) is 7.37. The molecule has 1 heterocycles. The Morgan fingerprint density at radius 1 is 0.957 bits per heavy atom. The van der Waals surface area contributed by atoms with Gasteiger partial charge in [-0.1, -0.05) is 17.7 Å². The van der Waals surface area contributed by atoms with Gasteiger partial charge in [-0.05, 0) is 62.2 Å². The van der Waals surface area contributed by atoms with E-state index in [0.717, 1.165) is 22.1 Å². The van der Waals surface area contributed by atoms with Gasteiger partial charge in [0.25, 0.3) is 5.91 Å². The molecule has 4 heteroatoms. The number of benzene rings is 2. The number of carbonyl (C=O) groups is 1. The number of carbonyl (C=O) groups excluding carboxylic acids is 1. The molecule has 0 bridgehead atoms. The highest BCUT2D eigenvalue weighted by Gasteiger charge is 2.14. The summed E-state index contributed by atoms with van der Waals surface area (Å²) in [6, 6.07) is 12.7. The Kier molecular flexibility index (Phi) is 3.74. The zero-order valence-corrected chi connectivity index (χ0v) is 13.3. The lowest BCUT2D eigenvalue weighted by atomic mass is 10.1. The monoisotopic (exact) mass is 307 g/mol. The van der Waals surface area contributed by atoms with E-state index in [-0.39, 0.29) is 5.56 Å². The third-order valence-corrected chi connectivity index (χ3v) is 3.90. The molecule has 3 rings (SSSR count). The van der Waals surface area contributed by atoms with Crippen LogP contribution < -0.4 is 10.9 Å². The maximum absolute atomic E-state index is 12.4. The molecule has 2 aromatic carbocycles. The van der Waals surface area contributed by atoms with E-state index in [2.05, 4.69) is 5.32 Å². The van der Waals surface area contributed by atoms with E-state index in [0.29, 0.717) is 11.3 Å². The SMILES string of the molecule is Cc1ccc2oc(=O)c(C(=O)Nc3ccc(C)c(C)c3)cc2c1. The highest BCUT2D eigenvalue weighted by molar-refractivity contribution is 6.05. The Morgan fingerprint density at radius 2 is 1.74 bits per heavy atom. The van der Waals surface area contributed by atoms with E-state index in [4.69, 9.17) is 4.42 Å². The summed E-state index contributed by atoms with van der Waals surface area (Å²) in [7, 11) is 0. The minimum atomic E-state index is -0.636. The van der Waals surface area contributed by atoms with Gasteiger partial charge in [0, 0.05) is 11.1 Å². The fourth-order valence-electron chi connectivity index (χ4n) is 2.42. The molecule has 0 radical (unpaired) electrons. The smallest absolute Gasteiger partial charge is 0.349 e. The van der Waals surface area contributed by atoms with Crippen molar-refractivity contribution in [2.45, 2.75) is 20.8 Å². The van der Waals surface area contributed by atoms with E-state index >= 15 is 0 Å². The molecule has 0 aliphatic carbocycles. The molecule has 0 saturated carbocycles. The molecular formula is C19H17NO3. The summed E-state index contributed by atoms with van der Waals surface area (Å²) in [5.41, 5.74) is 3.74. The summed E-state index contributed by atoms with van der Waals surface area (Å²) >= 11 is 0. The minimum Gasteiger partial charge on any atom is -0.422 e. The number of hydrogen-bond donors (Lipinski definition) is 1. The predicted molar refractivity (Wildman–Crippen MR) is 91.1 cm³/mol. The highest BCUT2D eigenvalue weighted by atomic mass is 16.4. The number of hydrogen-bond acceptors (Lipinski definition) is 3. The zero-order valence-electron chi connectivity index (χ0n) is 13.3. The van der Waals surface area contributed by atoms with Gasteiger partial charge in [-0.3, -0.25) is 4.79 Å². The van der Waals surface area contributed by atoms with Gasteiger partial charge in [0.2, 0.25) is 0 Å². The van der Waals surface area contributed by atoms with Crippen LogP contribution >= 0.6 is 0 Å². The Balaban J connectivity index is 1.98. The molecule has 0 saturated heterocycles. The fourth-order valence-corrected chi connectivity index (χ4v) is 2.42. The van der Waals surface area contributed by atoms with Gasteiger partial charge >= 0.3 is 5.63 Å². The molecule has 3 aromatic rings. The Morgan fingerprint density at radius 3 is 2.48 bits per heavy atom. The van der Waals surface area contributed by atoms with Gasteiger partial charge in [0.05, 0.1) is 0 Å². The van der Waals surface area contributed by atoms with Crippen molar-refractivity contribution in [3.05, 3.63) is 75.1 Å². The first-order valence-electron chi connectivity index (χ1n) is 7.37. The normalized spacial score (nSPS) is 10.7. The molecule has 116 valence electrons. The van der Waals surface area contributed by atoms with Crippen LogP contribution in [0, 0.1) is 20.8 Å². The van der Waals surface area contributed by atoms with Crippen LogP contribution in [0.5, 0.6) is 0 Å². The number of aryl methyl sites for hydroxylation is 3. The van der Waals surface area contributed by atoms with Crippen LogP contribution in [0.2, 0.25) is 0 Å². The first kappa shape index (κ1) is 15.0. The molecule has 0 fully saturated rings. The molecular weight excluding hydrogens is 290 g/mol. The second-order valence-corrected chi connectivity index (χ2v) is 5.74. The van der Waals surface area contributed by atoms with Crippen molar-refractivity contribution in [2.24, 2.45) is 0 Å². The van der Waals surface area contributed by atoms with Crippen molar-refractivity contribution in [2.75, 3.05) is 5.32 Å². The third-order valence-electron chi connectivity index (χ3n) is 3.90. The Bertz CT molecular complexity index is 970. The molecule has 0 unspecified atom stereocenters. The lowest BCUT2D eigenvalue weighted by Crippen LogP contribution is -2.20. The molecule has 1 amide bonds. The van der Waals surface area contributed by atoms with Gasteiger partial charge < -0.3 is 9.73 Å². The maximum atomic E-state index is 12.4. The lowest BCUT2D eigenvalue weighted by molar-refractivity contribution is 0.102. The van der Waals surface area contributed by atoms with Crippen molar-refractivity contribution in [1.82, 2.24) is 0 Å². The molecule has 23 heavy (non-hydrogen) atoms. The lowest BCUT2D eigenvalue weighted by Gasteiger charge is -2.08. The summed E-state index contributed by atoms with van der Waals surface area (Å²) in [5.74, 6) is -0.467. The Hall–Kier alpha value is -2.88. The van der Waals surface area contributed by atoms with Gasteiger partial charge in [0.1, 0.15) is 11.1 Å². The summed E-state index contributed by atoms with van der Waals surface area (Å²) in [6.07, 6.45) is 0. The largest absolute Gasteiger partial charge is 0.422 e. The number of anilines is 1. The van der Waals surface area contributed by atoms with Crippen molar-refractivity contribution in [3.63, 3.8) is 0 Å². The fraction of sp³-hybridized carbons (Fsp3) is 0.158. The summed E-state index contributed by atoms with van der Waals surface area (Å²) in [6.45, 7) is 5.92. The summed E-state index contributed by atoms with van der Waals surface area (Å²) < 4.78 is 5.23. The summed E-state index contributed by atoms with van der Waals surface area (Å²) in [5, 5.41) is 3.48. The van der Waals surface area contributed by atoms with Crippen molar-refractivity contribution >= 4 is 22.6 Å². The van der Waals surface area contributed by atoms with Crippen LogP contribution in [0.4, 0.5) is 5.69 Å². The van der Waals surface area contributed by atoms with Crippen LogP contribution in [0.3, 0.4) is 0 Å². The van der Waals surface area contributed by atoms with E-state index in [1.54, 1.807) is 12.1 Å². The molecule has 0 spiro atoms. The maximum Gasteiger partial charge on any atom is 0.349 e. The topological polar surface area (TPSA) is 59.3 Å². The second-order valence-electron chi connectivity index (χ2n) is 5.74. The van der Waals surface area contributed by atoms with E-state index in [9.17, 15) is 9.59 Å². The van der Waals surface area contributed by atoms with Gasteiger partial charge in [0.15, 0.2) is 0 Å². The van der Waals surface area contributed by atoms with Crippen LogP contribution in [0.15, 0.2) is 51.7 Å². The zero-order chi connectivity index (χ0) is 16.6. The third kappa shape index (κ3) is 3.01. The number of amides is 1. The number of nitrogens with one attached hydrogen (secondary N) is 1. The molecule has 0 aliphatic heterocycles. The Labute approximate surface area is 133 Å². The standard InChI is InChI=1S/C19H17NO3/c1-11-4-7-17-14(8-11)10-16(19(22)23-17)18(21)20-15-6-5-12(2)13(3)9-15/h4-10H,1-3H3,(H,20,21). The van der Waals surface area contributed by atoms with E-state index < -0.39 is 11.5 Å². The average Bonchev–Trinajstić information content (AvgIpc) is 2.50. The first-order chi connectivity index (χ1) is 10.9. The molecule has 4 nitrogen and oxygen atoms in total. The molecule has 1 N–H and O–H groups in total. The predicted octanol–water partition coefficient (Wildman–Crippen LogP) is 3.97. The van der Waals surface area contributed by atoms with Crippen molar-refractivity contribution < 1.29 is 9.21 Å². The average molecular weight is 307 g/mol. The quantitative estimate of drug-likeness (QED) is 0.729. The van der Waals surface area contributed by atoms with Gasteiger partial charge in [-0.25, -0.2) is 4.79 Å². The van der Waals surface area contributed by atoms with Crippen molar-refractivity contribution in [1.29, 1.82) is 0 Å². The van der Waals surface area contributed by atoms with Crippen LogP contribution in [-0.4, -0.2) is 5.91 Å². The summed E-state index contributed by atoms with van der Waals surface area (Å²) in [4.78, 5) is 24.4. The van der Waals surface area contributed by atoms with Crippen LogP contribution in [0.1, 0.15) is 27.0 Å². The van der Waals surface area contributed by atoms with E-state index in [1.807, 2.05) is 51.1 Å². The molecule has 1 aromatic heterocycles. The van der Waals surface area contributed by atoms with Crippen molar-refractivity contribution in [3.8, 4) is 0 Å². The van der Waals surface area contributed by atoms with Crippen LogP contribution in [0.25, 0.3) is 11.0 Å².